The summed E-state index contributed by atoms with van der Waals surface area (Å²) in [6, 6.07) is 8.05. The minimum absolute atomic E-state index is 0.0602. The number of carbonyl (C=O) groups excluding carboxylic acids is 2. The third kappa shape index (κ3) is 7.68. The second-order valence-corrected chi connectivity index (χ2v) is 7.80. The molecule has 0 fully saturated rings. The molecule has 0 aliphatic rings. The predicted molar refractivity (Wildman–Crippen MR) is 98.5 cm³/mol. The Balaban J connectivity index is 2.90. The number of esters is 1. The number of nitrogens with one attached hydrogen (secondary N) is 1. The number of carboxylic acids is 1. The maximum absolute atomic E-state index is 12.6. The number of carbonyl (C=O) groups is 3. The van der Waals surface area contributed by atoms with Crippen molar-refractivity contribution >= 4 is 17.8 Å². The molecule has 0 aliphatic heterocycles. The van der Waals surface area contributed by atoms with Crippen LogP contribution < -0.4 is 5.32 Å². The molecule has 6 nitrogen and oxygen atoms in total. The largest absolute Gasteiger partial charge is 0.481 e. The lowest BCUT2D eigenvalue weighted by molar-refractivity contribution is -0.160. The van der Waals surface area contributed by atoms with Crippen LogP contribution in [0.5, 0.6) is 0 Å². The van der Waals surface area contributed by atoms with E-state index in [2.05, 4.69) is 5.32 Å². The molecule has 0 radical (unpaired) electrons. The van der Waals surface area contributed by atoms with Crippen LogP contribution in [0, 0.1) is 11.8 Å². The van der Waals surface area contributed by atoms with Crippen LogP contribution in [0.3, 0.4) is 0 Å². The minimum atomic E-state index is -1.27. The number of rotatable bonds is 8. The molecule has 0 aromatic heterocycles. The van der Waals surface area contributed by atoms with Gasteiger partial charge in [-0.25, -0.2) is 4.79 Å². The first kappa shape index (κ1) is 21.7. The van der Waals surface area contributed by atoms with Gasteiger partial charge < -0.3 is 15.2 Å². The summed E-state index contributed by atoms with van der Waals surface area (Å²) >= 11 is 0. The van der Waals surface area contributed by atoms with E-state index in [0.29, 0.717) is 6.42 Å². The molecule has 0 spiro atoms. The van der Waals surface area contributed by atoms with Crippen LogP contribution in [-0.4, -0.2) is 34.6 Å². The SMILES string of the molecule is CC(C)C[C@H](NC(=O)C(Cc1ccccc1)C(=O)O)C(=O)OC(C)(C)C. The van der Waals surface area contributed by atoms with Crippen molar-refractivity contribution in [1.82, 2.24) is 5.32 Å². The standard InChI is InChI=1S/C20H29NO5/c1-13(2)11-16(19(25)26-20(3,4)5)21-17(22)15(18(23)24)12-14-9-7-6-8-10-14/h6-10,13,15-16H,11-12H2,1-5H3,(H,21,22)(H,23,24)/t15?,16-/m0/s1. The molecule has 6 heteroatoms. The van der Waals surface area contributed by atoms with E-state index in [1.165, 1.54) is 0 Å². The Hall–Kier alpha value is -2.37. The zero-order valence-electron chi connectivity index (χ0n) is 16.1. The van der Waals surface area contributed by atoms with Crippen molar-refractivity contribution in [2.24, 2.45) is 11.8 Å². The zero-order valence-corrected chi connectivity index (χ0v) is 16.1. The molecule has 1 aromatic rings. The third-order valence-corrected chi connectivity index (χ3v) is 3.61. The highest BCUT2D eigenvalue weighted by Crippen LogP contribution is 2.15. The van der Waals surface area contributed by atoms with Gasteiger partial charge in [-0.15, -0.1) is 0 Å². The van der Waals surface area contributed by atoms with Crippen LogP contribution in [0.1, 0.15) is 46.6 Å². The topological polar surface area (TPSA) is 92.7 Å². The first-order chi connectivity index (χ1) is 12.0. The minimum Gasteiger partial charge on any atom is -0.481 e. The van der Waals surface area contributed by atoms with Crippen LogP contribution in [0.15, 0.2) is 30.3 Å². The molecular formula is C20H29NO5. The van der Waals surface area contributed by atoms with Gasteiger partial charge in [0.2, 0.25) is 5.91 Å². The highest BCUT2D eigenvalue weighted by molar-refractivity contribution is 5.98. The van der Waals surface area contributed by atoms with Gasteiger partial charge in [-0.2, -0.15) is 0 Å². The van der Waals surface area contributed by atoms with Crippen LogP contribution in [0.4, 0.5) is 0 Å². The van der Waals surface area contributed by atoms with Gasteiger partial charge in [0.15, 0.2) is 0 Å². The maximum atomic E-state index is 12.6. The van der Waals surface area contributed by atoms with Crippen LogP contribution >= 0.6 is 0 Å². The van der Waals surface area contributed by atoms with Gasteiger partial charge in [0.25, 0.3) is 0 Å². The molecule has 144 valence electrons. The van der Waals surface area contributed by atoms with Crippen molar-refractivity contribution in [3.63, 3.8) is 0 Å². The number of aliphatic carboxylic acids is 1. The monoisotopic (exact) mass is 363 g/mol. The highest BCUT2D eigenvalue weighted by atomic mass is 16.6. The Bertz CT molecular complexity index is 619. The van der Waals surface area contributed by atoms with E-state index in [1.807, 2.05) is 19.9 Å². The summed E-state index contributed by atoms with van der Waals surface area (Å²) < 4.78 is 5.36. The molecule has 2 N–H and O–H groups in total. The average molecular weight is 363 g/mol. The molecule has 1 amide bonds. The Morgan fingerprint density at radius 1 is 1.12 bits per heavy atom. The fraction of sp³-hybridized carbons (Fsp3) is 0.550. The van der Waals surface area contributed by atoms with Gasteiger partial charge in [-0.1, -0.05) is 44.2 Å². The van der Waals surface area contributed by atoms with Crippen molar-refractivity contribution in [2.45, 2.75) is 59.1 Å². The molecule has 0 saturated carbocycles. The molecule has 1 unspecified atom stereocenters. The number of hydrogen-bond donors (Lipinski definition) is 2. The van der Waals surface area contributed by atoms with Crippen LogP contribution in [0.2, 0.25) is 0 Å². The Morgan fingerprint density at radius 3 is 2.15 bits per heavy atom. The fourth-order valence-electron chi connectivity index (χ4n) is 2.47. The van der Waals surface area contributed by atoms with E-state index >= 15 is 0 Å². The Kier molecular flexibility index (Phi) is 7.80. The van der Waals surface area contributed by atoms with Crippen LogP contribution in [-0.2, 0) is 25.5 Å². The molecular weight excluding hydrogens is 334 g/mol. The summed E-state index contributed by atoms with van der Waals surface area (Å²) in [6.07, 6.45) is 0.434. The number of hydrogen-bond acceptors (Lipinski definition) is 4. The maximum Gasteiger partial charge on any atom is 0.329 e. The average Bonchev–Trinajstić information content (AvgIpc) is 2.50. The summed E-state index contributed by atoms with van der Waals surface area (Å²) in [6.45, 7) is 9.07. The van der Waals surface area contributed by atoms with E-state index in [1.54, 1.807) is 45.0 Å². The normalized spacial score (nSPS) is 13.8. The van der Waals surface area contributed by atoms with E-state index in [4.69, 9.17) is 4.74 Å². The molecule has 0 aliphatic carbocycles. The molecule has 26 heavy (non-hydrogen) atoms. The fourth-order valence-corrected chi connectivity index (χ4v) is 2.47. The zero-order chi connectivity index (χ0) is 19.9. The second kappa shape index (κ2) is 9.36. The predicted octanol–water partition coefficient (Wildman–Crippen LogP) is 2.80. The van der Waals surface area contributed by atoms with E-state index in [-0.39, 0.29) is 12.3 Å². The van der Waals surface area contributed by atoms with E-state index < -0.39 is 35.4 Å². The Labute approximate surface area is 154 Å². The van der Waals surface area contributed by atoms with Gasteiger partial charge in [0.05, 0.1) is 0 Å². The number of benzene rings is 1. The van der Waals surface area contributed by atoms with Gasteiger partial charge in [0.1, 0.15) is 17.6 Å². The van der Waals surface area contributed by atoms with Crippen molar-refractivity contribution in [2.75, 3.05) is 0 Å². The van der Waals surface area contributed by atoms with Crippen molar-refractivity contribution in [3.8, 4) is 0 Å². The quantitative estimate of drug-likeness (QED) is 0.547. The summed E-state index contributed by atoms with van der Waals surface area (Å²) in [5.74, 6) is -3.60. The van der Waals surface area contributed by atoms with Gasteiger partial charge in [-0.05, 0) is 45.1 Å². The smallest absolute Gasteiger partial charge is 0.329 e. The number of carboxylic acid groups (broad SMARTS) is 1. The number of amides is 1. The lowest BCUT2D eigenvalue weighted by Crippen LogP contribution is -2.48. The Morgan fingerprint density at radius 2 is 1.69 bits per heavy atom. The summed E-state index contributed by atoms with van der Waals surface area (Å²) in [4.78, 5) is 36.5. The van der Waals surface area contributed by atoms with E-state index in [9.17, 15) is 19.5 Å². The molecule has 0 saturated heterocycles. The summed E-state index contributed by atoms with van der Waals surface area (Å²) in [5.41, 5.74) is 0.0560. The van der Waals surface area contributed by atoms with Crippen molar-refractivity contribution in [3.05, 3.63) is 35.9 Å². The van der Waals surface area contributed by atoms with E-state index in [0.717, 1.165) is 5.56 Å². The lowest BCUT2D eigenvalue weighted by atomic mass is 9.97. The summed E-state index contributed by atoms with van der Waals surface area (Å²) in [7, 11) is 0. The molecule has 1 rings (SSSR count). The molecule has 2 atom stereocenters. The third-order valence-electron chi connectivity index (χ3n) is 3.61. The van der Waals surface area contributed by atoms with Crippen molar-refractivity contribution < 1.29 is 24.2 Å². The lowest BCUT2D eigenvalue weighted by Gasteiger charge is -2.26. The van der Waals surface area contributed by atoms with Gasteiger partial charge in [0, 0.05) is 0 Å². The van der Waals surface area contributed by atoms with Gasteiger partial charge >= 0.3 is 11.9 Å². The highest BCUT2D eigenvalue weighted by Gasteiger charge is 2.32. The van der Waals surface area contributed by atoms with Crippen molar-refractivity contribution in [1.29, 1.82) is 0 Å². The van der Waals surface area contributed by atoms with Gasteiger partial charge in [-0.3, -0.25) is 9.59 Å². The van der Waals surface area contributed by atoms with Crippen LogP contribution in [0.25, 0.3) is 0 Å². The first-order valence-corrected chi connectivity index (χ1v) is 8.79. The first-order valence-electron chi connectivity index (χ1n) is 8.79. The number of ether oxygens (including phenoxy) is 1. The molecule has 0 heterocycles. The molecule has 1 aromatic carbocycles. The second-order valence-electron chi connectivity index (χ2n) is 7.80. The molecule has 0 bridgehead atoms. The summed E-state index contributed by atoms with van der Waals surface area (Å²) in [5, 5.41) is 12.0.